The van der Waals surface area contributed by atoms with Crippen LogP contribution in [0.4, 0.5) is 0 Å². The molecule has 172 valence electrons. The van der Waals surface area contributed by atoms with Crippen molar-refractivity contribution in [1.29, 1.82) is 0 Å². The van der Waals surface area contributed by atoms with E-state index < -0.39 is 0 Å². The second-order valence-corrected chi connectivity index (χ2v) is 12.8. The zero-order valence-electron chi connectivity index (χ0n) is 20.8. The van der Waals surface area contributed by atoms with E-state index in [2.05, 4.69) is 40.7 Å². The minimum Gasteiger partial charge on any atom is -0.396 e. The zero-order chi connectivity index (χ0) is 21.5. The largest absolute Gasteiger partial charge is 0.396 e. The third-order valence-electron chi connectivity index (χ3n) is 11.2. The van der Waals surface area contributed by atoms with E-state index in [9.17, 15) is 5.11 Å². The Kier molecular flexibility index (Phi) is 6.80. The van der Waals surface area contributed by atoms with Crippen molar-refractivity contribution in [3.63, 3.8) is 0 Å². The van der Waals surface area contributed by atoms with Crippen LogP contribution in [0.15, 0.2) is 11.6 Å². The first-order valence-electron chi connectivity index (χ1n) is 13.6. The lowest BCUT2D eigenvalue weighted by atomic mass is 9.46. The molecule has 4 aliphatic rings. The predicted molar refractivity (Wildman–Crippen MR) is 128 cm³/mol. The molecule has 8 atom stereocenters. The molecule has 3 saturated carbocycles. The van der Waals surface area contributed by atoms with Gasteiger partial charge in [0, 0.05) is 6.61 Å². The van der Waals surface area contributed by atoms with Crippen LogP contribution in [0.3, 0.4) is 0 Å². The van der Waals surface area contributed by atoms with Gasteiger partial charge in [-0.25, -0.2) is 0 Å². The molecule has 0 heterocycles. The fourth-order valence-corrected chi connectivity index (χ4v) is 9.38. The Balaban J connectivity index is 1.45. The first kappa shape index (κ1) is 22.9. The molecule has 0 aliphatic heterocycles. The number of allylic oxidation sites excluding steroid dienone is 2. The van der Waals surface area contributed by atoms with Crippen molar-refractivity contribution in [1.82, 2.24) is 0 Å². The lowest BCUT2D eigenvalue weighted by Gasteiger charge is -2.58. The van der Waals surface area contributed by atoms with Crippen LogP contribution in [-0.4, -0.2) is 11.7 Å². The lowest BCUT2D eigenvalue weighted by molar-refractivity contribution is -0.0595. The molecule has 0 saturated heterocycles. The maximum Gasteiger partial charge on any atom is 0.0433 e. The van der Waals surface area contributed by atoms with E-state index in [4.69, 9.17) is 0 Å². The molecule has 4 aliphatic carbocycles. The standard InChI is InChI=1S/C29H50O/c1-20(2)22(16-19-30)10-9-21(3)25-13-14-26-24-12-11-23-8-6-7-17-28(23,4)27(24)15-18-29(25,26)5/h8,20-22,24-27,30H,6-7,9-19H2,1-5H3/t21-,22+,24+,25-,26+,27+,28+,29-/m1/s1. The quantitative estimate of drug-likeness (QED) is 0.418. The Bertz CT molecular complexity index is 620. The van der Waals surface area contributed by atoms with Crippen LogP contribution < -0.4 is 0 Å². The van der Waals surface area contributed by atoms with E-state index in [1.54, 1.807) is 0 Å². The average molecular weight is 415 g/mol. The minimum atomic E-state index is 0.360. The van der Waals surface area contributed by atoms with Gasteiger partial charge in [0.25, 0.3) is 0 Å². The van der Waals surface area contributed by atoms with Crippen molar-refractivity contribution in [3.05, 3.63) is 11.6 Å². The Hall–Kier alpha value is -0.300. The summed E-state index contributed by atoms with van der Waals surface area (Å²) >= 11 is 0. The highest BCUT2D eigenvalue weighted by Gasteiger charge is 2.59. The first-order valence-corrected chi connectivity index (χ1v) is 13.6. The van der Waals surface area contributed by atoms with E-state index in [0.717, 1.165) is 36.0 Å². The fourth-order valence-electron chi connectivity index (χ4n) is 9.38. The van der Waals surface area contributed by atoms with Gasteiger partial charge in [0.1, 0.15) is 0 Å². The highest BCUT2D eigenvalue weighted by atomic mass is 16.3. The molecule has 0 aromatic carbocycles. The summed E-state index contributed by atoms with van der Waals surface area (Å²) in [6.45, 7) is 13.0. The van der Waals surface area contributed by atoms with Crippen LogP contribution >= 0.6 is 0 Å². The molecule has 30 heavy (non-hydrogen) atoms. The van der Waals surface area contributed by atoms with Crippen molar-refractivity contribution in [2.45, 2.75) is 112 Å². The molecule has 4 rings (SSSR count). The maximum absolute atomic E-state index is 9.47. The van der Waals surface area contributed by atoms with Crippen LogP contribution in [0.5, 0.6) is 0 Å². The summed E-state index contributed by atoms with van der Waals surface area (Å²) in [5, 5.41) is 9.47. The third-order valence-corrected chi connectivity index (χ3v) is 11.2. The molecule has 0 spiro atoms. The first-order chi connectivity index (χ1) is 14.3. The summed E-state index contributed by atoms with van der Waals surface area (Å²) in [5.74, 6) is 6.14. The summed E-state index contributed by atoms with van der Waals surface area (Å²) in [5.41, 5.74) is 2.99. The van der Waals surface area contributed by atoms with Crippen LogP contribution in [0.25, 0.3) is 0 Å². The van der Waals surface area contributed by atoms with Crippen molar-refractivity contribution in [3.8, 4) is 0 Å². The molecule has 0 bridgehead atoms. The van der Waals surface area contributed by atoms with Gasteiger partial charge < -0.3 is 5.11 Å². The van der Waals surface area contributed by atoms with Gasteiger partial charge in [-0.1, -0.05) is 52.7 Å². The zero-order valence-corrected chi connectivity index (χ0v) is 20.8. The highest BCUT2D eigenvalue weighted by molar-refractivity contribution is 5.23. The SMILES string of the molecule is CC(C)[C@H](CCO)CC[C@@H](C)[C@H]1CC[C@H]2[C@@H]3CCC4=CCCC[C@]4(C)[C@H]3CC[C@]12C. The summed E-state index contributed by atoms with van der Waals surface area (Å²) in [6.07, 6.45) is 19.4. The van der Waals surface area contributed by atoms with E-state index >= 15 is 0 Å². The Morgan fingerprint density at radius 2 is 1.77 bits per heavy atom. The lowest BCUT2D eigenvalue weighted by Crippen LogP contribution is -2.50. The number of hydrogen-bond acceptors (Lipinski definition) is 1. The second-order valence-electron chi connectivity index (χ2n) is 12.8. The molecule has 0 radical (unpaired) electrons. The van der Waals surface area contributed by atoms with Crippen molar-refractivity contribution in [2.24, 2.45) is 52.3 Å². The van der Waals surface area contributed by atoms with Gasteiger partial charge >= 0.3 is 0 Å². The molecular formula is C29H50O. The number of rotatable bonds is 7. The van der Waals surface area contributed by atoms with Gasteiger partial charge in [0.2, 0.25) is 0 Å². The van der Waals surface area contributed by atoms with E-state index in [1.165, 1.54) is 70.6 Å². The number of aliphatic hydroxyl groups is 1. The molecule has 0 aromatic heterocycles. The second kappa shape index (κ2) is 8.92. The summed E-state index contributed by atoms with van der Waals surface area (Å²) in [4.78, 5) is 0. The molecule has 0 aromatic rings. The molecule has 0 unspecified atom stereocenters. The van der Waals surface area contributed by atoms with Gasteiger partial charge in [-0.05, 0) is 123 Å². The molecule has 3 fully saturated rings. The topological polar surface area (TPSA) is 20.2 Å². The number of fused-ring (bicyclic) bond motifs is 5. The van der Waals surface area contributed by atoms with E-state index in [0.29, 0.717) is 29.3 Å². The highest BCUT2D eigenvalue weighted by Crippen LogP contribution is 2.67. The Morgan fingerprint density at radius 3 is 2.50 bits per heavy atom. The number of hydrogen-bond donors (Lipinski definition) is 1. The van der Waals surface area contributed by atoms with Crippen LogP contribution in [0, 0.1) is 52.3 Å². The van der Waals surface area contributed by atoms with Gasteiger partial charge in [-0.15, -0.1) is 0 Å². The Morgan fingerprint density at radius 1 is 0.967 bits per heavy atom. The maximum atomic E-state index is 9.47. The van der Waals surface area contributed by atoms with Crippen LogP contribution in [0.2, 0.25) is 0 Å². The predicted octanol–water partition coefficient (Wildman–Crippen LogP) is 8.03. The molecule has 1 N–H and O–H groups in total. The monoisotopic (exact) mass is 414 g/mol. The van der Waals surface area contributed by atoms with E-state index in [1.807, 2.05) is 5.57 Å². The fraction of sp³-hybridized carbons (Fsp3) is 0.931. The molecule has 1 heteroatoms. The third kappa shape index (κ3) is 3.84. The molecule has 1 nitrogen and oxygen atoms in total. The van der Waals surface area contributed by atoms with Crippen LogP contribution in [0.1, 0.15) is 112 Å². The van der Waals surface area contributed by atoms with Gasteiger partial charge in [0.15, 0.2) is 0 Å². The molecule has 0 amide bonds. The number of aliphatic hydroxyl groups excluding tert-OH is 1. The normalized spacial score (nSPS) is 42.8. The minimum absolute atomic E-state index is 0.360. The van der Waals surface area contributed by atoms with Crippen molar-refractivity contribution < 1.29 is 5.11 Å². The van der Waals surface area contributed by atoms with E-state index in [-0.39, 0.29) is 0 Å². The van der Waals surface area contributed by atoms with Gasteiger partial charge in [-0.2, -0.15) is 0 Å². The van der Waals surface area contributed by atoms with Crippen molar-refractivity contribution >= 4 is 0 Å². The summed E-state index contributed by atoms with van der Waals surface area (Å²) in [6, 6.07) is 0. The molecular weight excluding hydrogens is 364 g/mol. The smallest absolute Gasteiger partial charge is 0.0433 e. The van der Waals surface area contributed by atoms with Crippen LogP contribution in [-0.2, 0) is 0 Å². The van der Waals surface area contributed by atoms with Gasteiger partial charge in [0.05, 0.1) is 0 Å². The Labute approximate surface area is 187 Å². The average Bonchev–Trinajstić information content (AvgIpc) is 3.07. The van der Waals surface area contributed by atoms with Gasteiger partial charge in [-0.3, -0.25) is 0 Å². The summed E-state index contributed by atoms with van der Waals surface area (Å²) < 4.78 is 0. The van der Waals surface area contributed by atoms with Crippen molar-refractivity contribution in [2.75, 3.05) is 6.61 Å². The summed E-state index contributed by atoms with van der Waals surface area (Å²) in [7, 11) is 0.